The smallest absolute Gasteiger partial charge is 0.0582 e. The van der Waals surface area contributed by atoms with Gasteiger partial charge in [-0.05, 0) is 43.2 Å². The van der Waals surface area contributed by atoms with Crippen molar-refractivity contribution in [2.45, 2.75) is 20.4 Å². The van der Waals surface area contributed by atoms with Crippen LogP contribution in [0.2, 0.25) is 5.02 Å². The maximum atomic E-state index is 5.91. The van der Waals surface area contributed by atoms with E-state index in [0.29, 0.717) is 0 Å². The Kier molecular flexibility index (Phi) is 3.69. The van der Waals surface area contributed by atoms with Gasteiger partial charge in [0.2, 0.25) is 0 Å². The molecule has 0 spiro atoms. The summed E-state index contributed by atoms with van der Waals surface area (Å²) in [6.07, 6.45) is 3.91. The van der Waals surface area contributed by atoms with Crippen molar-refractivity contribution in [2.75, 3.05) is 11.9 Å². The molecule has 0 unspecified atom stereocenters. The van der Waals surface area contributed by atoms with Crippen LogP contribution in [-0.2, 0) is 6.54 Å². The third kappa shape index (κ3) is 3.24. The van der Waals surface area contributed by atoms with Gasteiger partial charge >= 0.3 is 0 Å². The highest BCUT2D eigenvalue weighted by molar-refractivity contribution is 6.30. The number of aromatic nitrogens is 2. The van der Waals surface area contributed by atoms with Crippen LogP contribution in [0.5, 0.6) is 0 Å². The Morgan fingerprint density at radius 3 is 2.82 bits per heavy atom. The molecular formula is C13H16ClN3. The van der Waals surface area contributed by atoms with Gasteiger partial charge in [0.15, 0.2) is 0 Å². The summed E-state index contributed by atoms with van der Waals surface area (Å²) in [5, 5.41) is 8.39. The molecule has 0 saturated carbocycles. The molecular weight excluding hydrogens is 234 g/mol. The summed E-state index contributed by atoms with van der Waals surface area (Å²) in [4.78, 5) is 0. The third-order valence-electron chi connectivity index (χ3n) is 2.61. The number of aryl methyl sites for hydroxylation is 2. The van der Waals surface area contributed by atoms with Crippen molar-refractivity contribution in [2.24, 2.45) is 0 Å². The Morgan fingerprint density at radius 1 is 1.35 bits per heavy atom. The van der Waals surface area contributed by atoms with Crippen molar-refractivity contribution in [1.82, 2.24) is 9.78 Å². The van der Waals surface area contributed by atoms with E-state index < -0.39 is 0 Å². The lowest BCUT2D eigenvalue weighted by Gasteiger charge is -2.09. The Morgan fingerprint density at radius 2 is 2.18 bits per heavy atom. The van der Waals surface area contributed by atoms with E-state index in [1.54, 1.807) is 0 Å². The SMILES string of the molecule is Cc1cnn(CCNc2ccc(Cl)cc2C)c1. The van der Waals surface area contributed by atoms with Crippen LogP contribution in [0.15, 0.2) is 30.6 Å². The molecule has 0 saturated heterocycles. The highest BCUT2D eigenvalue weighted by atomic mass is 35.5. The molecule has 2 aromatic rings. The fourth-order valence-electron chi connectivity index (χ4n) is 1.72. The minimum Gasteiger partial charge on any atom is -0.383 e. The largest absolute Gasteiger partial charge is 0.383 e. The molecule has 0 atom stereocenters. The average molecular weight is 250 g/mol. The Balaban J connectivity index is 1.90. The minimum absolute atomic E-state index is 0.774. The van der Waals surface area contributed by atoms with E-state index in [1.807, 2.05) is 49.1 Å². The summed E-state index contributed by atoms with van der Waals surface area (Å²) in [5.74, 6) is 0. The molecule has 90 valence electrons. The molecule has 0 aliphatic rings. The zero-order chi connectivity index (χ0) is 12.3. The van der Waals surface area contributed by atoms with E-state index in [9.17, 15) is 0 Å². The normalized spacial score (nSPS) is 10.5. The van der Waals surface area contributed by atoms with Crippen LogP contribution in [0.3, 0.4) is 0 Å². The number of halogens is 1. The van der Waals surface area contributed by atoms with Gasteiger partial charge in [0.1, 0.15) is 0 Å². The van der Waals surface area contributed by atoms with Crippen LogP contribution in [0.1, 0.15) is 11.1 Å². The van der Waals surface area contributed by atoms with Gasteiger partial charge in [0.25, 0.3) is 0 Å². The van der Waals surface area contributed by atoms with E-state index >= 15 is 0 Å². The molecule has 0 aliphatic carbocycles. The van der Waals surface area contributed by atoms with E-state index in [1.165, 1.54) is 5.56 Å². The summed E-state index contributed by atoms with van der Waals surface area (Å²) in [7, 11) is 0. The van der Waals surface area contributed by atoms with Gasteiger partial charge in [0, 0.05) is 23.5 Å². The molecule has 17 heavy (non-hydrogen) atoms. The minimum atomic E-state index is 0.774. The summed E-state index contributed by atoms with van der Waals surface area (Å²) in [5.41, 5.74) is 3.47. The lowest BCUT2D eigenvalue weighted by Crippen LogP contribution is -2.11. The summed E-state index contributed by atoms with van der Waals surface area (Å²) in [6, 6.07) is 5.86. The average Bonchev–Trinajstić information content (AvgIpc) is 2.68. The number of hydrogen-bond acceptors (Lipinski definition) is 2. The first-order valence-corrected chi connectivity index (χ1v) is 6.02. The first-order chi connectivity index (χ1) is 8.15. The van der Waals surface area contributed by atoms with Gasteiger partial charge in [-0.1, -0.05) is 11.6 Å². The van der Waals surface area contributed by atoms with Gasteiger partial charge in [-0.2, -0.15) is 5.10 Å². The molecule has 1 heterocycles. The Labute approximate surface area is 106 Å². The van der Waals surface area contributed by atoms with Crippen molar-refractivity contribution in [3.05, 3.63) is 46.7 Å². The molecule has 0 fully saturated rings. The lowest BCUT2D eigenvalue weighted by atomic mass is 10.2. The molecule has 0 amide bonds. The van der Waals surface area contributed by atoms with Crippen LogP contribution < -0.4 is 5.32 Å². The molecule has 1 N–H and O–H groups in total. The van der Waals surface area contributed by atoms with E-state index in [4.69, 9.17) is 11.6 Å². The Bertz CT molecular complexity index is 505. The summed E-state index contributed by atoms with van der Waals surface area (Å²) in [6.45, 7) is 5.80. The number of nitrogens with zero attached hydrogens (tertiary/aromatic N) is 2. The first-order valence-electron chi connectivity index (χ1n) is 5.64. The number of nitrogens with one attached hydrogen (secondary N) is 1. The van der Waals surface area contributed by atoms with E-state index in [-0.39, 0.29) is 0 Å². The maximum Gasteiger partial charge on any atom is 0.0582 e. The van der Waals surface area contributed by atoms with Gasteiger partial charge in [-0.15, -0.1) is 0 Å². The van der Waals surface area contributed by atoms with Crippen molar-refractivity contribution < 1.29 is 0 Å². The second kappa shape index (κ2) is 5.23. The van der Waals surface area contributed by atoms with Crippen molar-refractivity contribution in [3.63, 3.8) is 0 Å². The fourth-order valence-corrected chi connectivity index (χ4v) is 1.95. The van der Waals surface area contributed by atoms with Gasteiger partial charge in [-0.3, -0.25) is 4.68 Å². The standard InChI is InChI=1S/C13H16ClN3/c1-10-8-16-17(9-10)6-5-15-13-4-3-12(14)7-11(13)2/h3-4,7-9,15H,5-6H2,1-2H3. The Hall–Kier alpha value is -1.48. The molecule has 1 aromatic heterocycles. The van der Waals surface area contributed by atoms with Crippen molar-refractivity contribution in [1.29, 1.82) is 0 Å². The zero-order valence-electron chi connectivity index (χ0n) is 10.1. The van der Waals surface area contributed by atoms with E-state index in [2.05, 4.69) is 10.4 Å². The zero-order valence-corrected chi connectivity index (χ0v) is 10.8. The van der Waals surface area contributed by atoms with Crippen LogP contribution in [0.25, 0.3) is 0 Å². The monoisotopic (exact) mass is 249 g/mol. The van der Waals surface area contributed by atoms with Crippen LogP contribution in [-0.4, -0.2) is 16.3 Å². The number of rotatable bonds is 4. The molecule has 0 bridgehead atoms. The molecule has 1 aromatic carbocycles. The fraction of sp³-hybridized carbons (Fsp3) is 0.308. The second-order valence-corrected chi connectivity index (χ2v) is 4.60. The van der Waals surface area contributed by atoms with Gasteiger partial charge in [0.05, 0.1) is 12.7 Å². The van der Waals surface area contributed by atoms with Crippen LogP contribution >= 0.6 is 11.6 Å². The highest BCUT2D eigenvalue weighted by Crippen LogP contribution is 2.19. The quantitative estimate of drug-likeness (QED) is 0.901. The number of benzene rings is 1. The molecule has 4 heteroatoms. The second-order valence-electron chi connectivity index (χ2n) is 4.17. The maximum absolute atomic E-state index is 5.91. The molecule has 3 nitrogen and oxygen atoms in total. The number of hydrogen-bond donors (Lipinski definition) is 1. The summed E-state index contributed by atoms with van der Waals surface area (Å²) < 4.78 is 1.94. The molecule has 2 rings (SSSR count). The molecule has 0 aliphatic heterocycles. The van der Waals surface area contributed by atoms with E-state index in [0.717, 1.165) is 29.4 Å². The topological polar surface area (TPSA) is 29.9 Å². The predicted octanol–water partition coefficient (Wildman–Crippen LogP) is 3.27. The van der Waals surface area contributed by atoms with Crippen molar-refractivity contribution >= 4 is 17.3 Å². The third-order valence-corrected chi connectivity index (χ3v) is 2.84. The van der Waals surface area contributed by atoms with Crippen LogP contribution in [0, 0.1) is 13.8 Å². The number of anilines is 1. The van der Waals surface area contributed by atoms with Crippen molar-refractivity contribution in [3.8, 4) is 0 Å². The van der Waals surface area contributed by atoms with Crippen LogP contribution in [0.4, 0.5) is 5.69 Å². The van der Waals surface area contributed by atoms with Gasteiger partial charge < -0.3 is 5.32 Å². The predicted molar refractivity (Wildman–Crippen MR) is 71.6 cm³/mol. The highest BCUT2D eigenvalue weighted by Gasteiger charge is 1.99. The molecule has 0 radical (unpaired) electrons. The first kappa shape index (κ1) is 12.0. The van der Waals surface area contributed by atoms with Gasteiger partial charge in [-0.25, -0.2) is 0 Å². The lowest BCUT2D eigenvalue weighted by molar-refractivity contribution is 0.637. The summed E-state index contributed by atoms with van der Waals surface area (Å²) >= 11 is 5.91.